The van der Waals surface area contributed by atoms with Crippen LogP contribution in [0, 0.1) is 0 Å². The van der Waals surface area contributed by atoms with Crippen LogP contribution >= 0.6 is 12.2 Å². The molecule has 2 N–H and O–H groups in total. The van der Waals surface area contributed by atoms with Crippen molar-refractivity contribution in [2.45, 2.75) is 12.5 Å². The highest BCUT2D eigenvalue weighted by atomic mass is 32.1. The number of hydrazone groups is 1. The normalized spacial score (nSPS) is 11.9. The van der Waals surface area contributed by atoms with Gasteiger partial charge in [0, 0.05) is 5.56 Å². The van der Waals surface area contributed by atoms with Gasteiger partial charge in [0.25, 0.3) is 0 Å². The van der Waals surface area contributed by atoms with Crippen LogP contribution < -0.4 is 20.2 Å². The number of nitrogens with zero attached hydrogens (tertiary/aromatic N) is 4. The first-order chi connectivity index (χ1) is 18.9. The first kappa shape index (κ1) is 28.4. The number of thiocarbonyl (C=S) groups is 1. The molecule has 3 aromatic carbocycles. The molecule has 0 saturated heterocycles. The molecule has 0 aliphatic rings. The van der Waals surface area contributed by atoms with Crippen molar-refractivity contribution in [3.63, 3.8) is 0 Å². The first-order valence-corrected chi connectivity index (χ1v) is 11.6. The summed E-state index contributed by atoms with van der Waals surface area (Å²) < 4.78 is 87.2. The number of benzene rings is 3. The topological polar surface area (TPSA) is 85.6 Å². The van der Waals surface area contributed by atoms with Crippen molar-refractivity contribution in [2.75, 3.05) is 12.4 Å². The molecule has 0 amide bonds. The second-order valence-corrected chi connectivity index (χ2v) is 8.32. The molecule has 0 fully saturated rings. The Morgan fingerprint density at radius 1 is 0.950 bits per heavy atom. The Balaban J connectivity index is 1.36. The molecular weight excluding hydrogens is 562 g/mol. The zero-order valence-corrected chi connectivity index (χ0v) is 21.1. The van der Waals surface area contributed by atoms with E-state index in [2.05, 4.69) is 30.7 Å². The van der Waals surface area contributed by atoms with E-state index in [0.29, 0.717) is 22.6 Å². The molecule has 1 aromatic heterocycles. The third-order valence-corrected chi connectivity index (χ3v) is 5.35. The summed E-state index contributed by atoms with van der Waals surface area (Å²) in [6.45, 7) is 0. The van der Waals surface area contributed by atoms with Crippen molar-refractivity contribution < 1.29 is 35.8 Å². The molecule has 0 spiro atoms. The molecule has 0 unspecified atom stereocenters. The van der Waals surface area contributed by atoms with Gasteiger partial charge in [-0.15, -0.1) is 18.3 Å². The molecule has 4 rings (SSSR count). The summed E-state index contributed by atoms with van der Waals surface area (Å²) in [5.41, 5.74) is 3.02. The quantitative estimate of drug-likeness (QED) is 0.117. The highest BCUT2D eigenvalue weighted by Crippen LogP contribution is 2.37. The lowest BCUT2D eigenvalue weighted by Crippen LogP contribution is -2.25. The van der Waals surface area contributed by atoms with Crippen LogP contribution in [-0.4, -0.2) is 39.6 Å². The van der Waals surface area contributed by atoms with E-state index in [4.69, 9.17) is 17.0 Å². The molecule has 4 aromatic rings. The van der Waals surface area contributed by atoms with Crippen LogP contribution in [0.5, 0.6) is 11.5 Å². The number of alkyl halides is 6. The Labute approximate surface area is 228 Å². The van der Waals surface area contributed by atoms with Gasteiger partial charge in [0.1, 0.15) is 17.8 Å². The number of methoxy groups -OCH3 is 1. The van der Waals surface area contributed by atoms with Crippen LogP contribution in [0.2, 0.25) is 0 Å². The molecule has 208 valence electrons. The summed E-state index contributed by atoms with van der Waals surface area (Å²) in [5, 5.41) is 10.6. The van der Waals surface area contributed by atoms with Crippen molar-refractivity contribution in [2.24, 2.45) is 5.10 Å². The number of hydrogen-bond acceptors (Lipinski definition) is 6. The monoisotopic (exact) mass is 580 g/mol. The summed E-state index contributed by atoms with van der Waals surface area (Å²) >= 11 is 5.04. The van der Waals surface area contributed by atoms with Gasteiger partial charge in [0.05, 0.1) is 30.3 Å². The lowest BCUT2D eigenvalue weighted by atomic mass is 10.1. The van der Waals surface area contributed by atoms with Crippen molar-refractivity contribution >= 4 is 29.2 Å². The average Bonchev–Trinajstić information content (AvgIpc) is 3.38. The van der Waals surface area contributed by atoms with Gasteiger partial charge in [-0.3, -0.25) is 5.43 Å². The standard InChI is InChI=1S/C25H18F6N6O2S/c1-38-19-10-11-21(20(12-19)24(26,27)28)34-23(40)35-33-13-15-2-4-16(5-3-15)22-32-14-37(36-22)17-6-8-18(9-7-17)39-25(29,30)31/h2-14H,1H3,(H2,34,35,40). The number of anilines is 1. The van der Waals surface area contributed by atoms with Gasteiger partial charge in [0.15, 0.2) is 10.9 Å². The Kier molecular flexibility index (Phi) is 8.23. The molecule has 0 radical (unpaired) electrons. The lowest BCUT2D eigenvalue weighted by molar-refractivity contribution is -0.274. The molecule has 1 heterocycles. The number of ether oxygens (including phenoxy) is 2. The number of hydrogen-bond donors (Lipinski definition) is 2. The summed E-state index contributed by atoms with van der Waals surface area (Å²) in [5.74, 6) is 0.0584. The Bertz CT molecular complexity index is 1500. The average molecular weight is 581 g/mol. The summed E-state index contributed by atoms with van der Waals surface area (Å²) in [6.07, 6.45) is -6.59. The number of aromatic nitrogens is 3. The van der Waals surface area contributed by atoms with E-state index >= 15 is 0 Å². The van der Waals surface area contributed by atoms with Crippen LogP contribution in [0.15, 0.2) is 78.2 Å². The Morgan fingerprint density at radius 3 is 2.25 bits per heavy atom. The van der Waals surface area contributed by atoms with E-state index < -0.39 is 18.1 Å². The fourth-order valence-electron chi connectivity index (χ4n) is 3.35. The van der Waals surface area contributed by atoms with Crippen LogP contribution in [0.3, 0.4) is 0 Å². The highest BCUT2D eigenvalue weighted by Gasteiger charge is 2.34. The third kappa shape index (κ3) is 7.47. The molecule has 15 heteroatoms. The van der Waals surface area contributed by atoms with E-state index in [1.54, 1.807) is 24.3 Å². The second kappa shape index (κ2) is 11.6. The minimum atomic E-state index is -4.78. The molecule has 0 atom stereocenters. The minimum absolute atomic E-state index is 0.0498. The predicted molar refractivity (Wildman–Crippen MR) is 138 cm³/mol. The van der Waals surface area contributed by atoms with Crippen molar-refractivity contribution in [1.82, 2.24) is 20.2 Å². The molecule has 0 aliphatic carbocycles. The van der Waals surface area contributed by atoms with Crippen molar-refractivity contribution in [3.05, 3.63) is 84.2 Å². The molecule has 0 bridgehead atoms. The number of nitrogens with one attached hydrogen (secondary N) is 2. The van der Waals surface area contributed by atoms with Crippen molar-refractivity contribution in [1.29, 1.82) is 0 Å². The van der Waals surface area contributed by atoms with Crippen LogP contribution in [0.25, 0.3) is 17.1 Å². The maximum atomic E-state index is 13.4. The summed E-state index contributed by atoms with van der Waals surface area (Å²) in [6, 6.07) is 15.4. The van der Waals surface area contributed by atoms with Crippen LogP contribution in [0.4, 0.5) is 32.0 Å². The van der Waals surface area contributed by atoms with Gasteiger partial charge in [-0.05, 0) is 60.2 Å². The molecule has 8 nitrogen and oxygen atoms in total. The van der Waals surface area contributed by atoms with Gasteiger partial charge >= 0.3 is 12.5 Å². The summed E-state index contributed by atoms with van der Waals surface area (Å²) in [7, 11) is 1.27. The Hall–Kier alpha value is -4.66. The molecule has 40 heavy (non-hydrogen) atoms. The van der Waals surface area contributed by atoms with Crippen molar-refractivity contribution in [3.8, 4) is 28.6 Å². The van der Waals surface area contributed by atoms with Gasteiger partial charge in [-0.25, -0.2) is 9.67 Å². The Morgan fingerprint density at radius 2 is 1.62 bits per heavy atom. The van der Waals surface area contributed by atoms with Gasteiger partial charge in [-0.1, -0.05) is 24.3 Å². The van der Waals surface area contributed by atoms with E-state index in [9.17, 15) is 26.3 Å². The number of rotatable bonds is 7. The van der Waals surface area contributed by atoms with Gasteiger partial charge in [0.2, 0.25) is 0 Å². The highest BCUT2D eigenvalue weighted by molar-refractivity contribution is 7.80. The fourth-order valence-corrected chi connectivity index (χ4v) is 3.51. The third-order valence-electron chi connectivity index (χ3n) is 5.16. The summed E-state index contributed by atoms with van der Waals surface area (Å²) in [4.78, 5) is 4.22. The minimum Gasteiger partial charge on any atom is -0.497 e. The maximum absolute atomic E-state index is 13.4. The maximum Gasteiger partial charge on any atom is 0.573 e. The lowest BCUT2D eigenvalue weighted by Gasteiger charge is -2.15. The van der Waals surface area contributed by atoms with E-state index in [-0.39, 0.29) is 22.3 Å². The van der Waals surface area contributed by atoms with E-state index in [1.165, 1.54) is 60.7 Å². The van der Waals surface area contributed by atoms with E-state index in [0.717, 1.165) is 6.07 Å². The fraction of sp³-hybridized carbons (Fsp3) is 0.120. The molecular formula is C25H18F6N6O2S. The molecule has 0 saturated carbocycles. The van der Waals surface area contributed by atoms with Crippen LogP contribution in [0.1, 0.15) is 11.1 Å². The van der Waals surface area contributed by atoms with Gasteiger partial charge < -0.3 is 14.8 Å². The smallest absolute Gasteiger partial charge is 0.497 e. The number of halogens is 6. The van der Waals surface area contributed by atoms with E-state index in [1.807, 2.05) is 0 Å². The largest absolute Gasteiger partial charge is 0.573 e. The predicted octanol–water partition coefficient (Wildman–Crippen LogP) is 6.18. The molecule has 0 aliphatic heterocycles. The van der Waals surface area contributed by atoms with Crippen LogP contribution in [-0.2, 0) is 6.18 Å². The SMILES string of the molecule is COc1ccc(NC(=S)NN=Cc2ccc(-c3ncn(-c4ccc(OC(F)(F)F)cc4)n3)cc2)c(C(F)(F)F)c1. The first-order valence-electron chi connectivity index (χ1n) is 11.1. The second-order valence-electron chi connectivity index (χ2n) is 7.91. The zero-order valence-electron chi connectivity index (χ0n) is 20.3. The van der Waals surface area contributed by atoms with Gasteiger partial charge in [-0.2, -0.15) is 18.3 Å². The zero-order chi connectivity index (χ0) is 28.9.